The Kier molecular flexibility index (Phi) is 5.82. The quantitative estimate of drug-likeness (QED) is 0.793. The number of nitrogens with one attached hydrogen (secondary N) is 1. The predicted molar refractivity (Wildman–Crippen MR) is 88.7 cm³/mol. The van der Waals surface area contributed by atoms with Gasteiger partial charge in [0.2, 0.25) is 10.0 Å². The van der Waals surface area contributed by atoms with Crippen molar-refractivity contribution in [3.05, 3.63) is 23.3 Å². The van der Waals surface area contributed by atoms with E-state index in [0.29, 0.717) is 40.4 Å². The average Bonchev–Trinajstić information content (AvgIpc) is 2.33. The smallest absolute Gasteiger partial charge is 0.241 e. The molecule has 0 spiro atoms. The molecule has 0 unspecified atom stereocenters. The van der Waals surface area contributed by atoms with Crippen molar-refractivity contribution in [2.75, 3.05) is 12.3 Å². The summed E-state index contributed by atoms with van der Waals surface area (Å²) in [5, 5.41) is 0. The highest BCUT2D eigenvalue weighted by atomic mass is 32.2. The number of anilines is 1. The second kappa shape index (κ2) is 6.79. The predicted octanol–water partition coefficient (Wildman–Crippen LogP) is 3.09. The highest BCUT2D eigenvalue weighted by molar-refractivity contribution is 7.89. The highest BCUT2D eigenvalue weighted by Crippen LogP contribution is 2.26. The van der Waals surface area contributed by atoms with Crippen molar-refractivity contribution in [1.29, 1.82) is 0 Å². The third-order valence-electron chi connectivity index (χ3n) is 4.14. The van der Waals surface area contributed by atoms with Gasteiger partial charge in [-0.15, -0.1) is 0 Å². The van der Waals surface area contributed by atoms with Gasteiger partial charge in [-0.2, -0.15) is 0 Å². The number of nitrogens with two attached hydrogens (primary N) is 1. The van der Waals surface area contributed by atoms with E-state index >= 15 is 0 Å². The van der Waals surface area contributed by atoms with Crippen LogP contribution in [0.5, 0.6) is 0 Å². The van der Waals surface area contributed by atoms with Gasteiger partial charge in [-0.1, -0.05) is 33.8 Å². The molecule has 0 aliphatic carbocycles. The Labute approximate surface area is 129 Å². The number of sulfonamides is 1. The van der Waals surface area contributed by atoms with Crippen LogP contribution >= 0.6 is 0 Å². The van der Waals surface area contributed by atoms with Crippen LogP contribution in [0.2, 0.25) is 0 Å². The van der Waals surface area contributed by atoms with Gasteiger partial charge in [0.15, 0.2) is 0 Å². The maximum atomic E-state index is 12.6. The largest absolute Gasteiger partial charge is 0.398 e. The first kappa shape index (κ1) is 18.0. The zero-order valence-corrected chi connectivity index (χ0v) is 14.7. The maximum Gasteiger partial charge on any atom is 0.241 e. The minimum Gasteiger partial charge on any atom is -0.398 e. The van der Waals surface area contributed by atoms with Crippen molar-refractivity contribution in [2.24, 2.45) is 17.8 Å². The van der Waals surface area contributed by atoms with E-state index in [9.17, 15) is 8.42 Å². The van der Waals surface area contributed by atoms with Gasteiger partial charge in [-0.3, -0.25) is 0 Å². The Morgan fingerprint density at radius 1 is 1.10 bits per heavy atom. The van der Waals surface area contributed by atoms with Crippen LogP contribution in [0.3, 0.4) is 0 Å². The van der Waals surface area contributed by atoms with Gasteiger partial charge in [-0.25, -0.2) is 13.1 Å². The van der Waals surface area contributed by atoms with Crippen LogP contribution in [-0.4, -0.2) is 15.0 Å². The summed E-state index contributed by atoms with van der Waals surface area (Å²) in [7, 11) is -3.54. The van der Waals surface area contributed by atoms with Gasteiger partial charge in [0, 0.05) is 12.2 Å². The molecule has 1 aromatic rings. The second-order valence-electron chi connectivity index (χ2n) is 6.43. The number of benzene rings is 1. The molecule has 4 nitrogen and oxygen atoms in total. The molecular formula is C16H28N2O2S. The topological polar surface area (TPSA) is 72.2 Å². The summed E-state index contributed by atoms with van der Waals surface area (Å²) in [6, 6.07) is 3.49. The fourth-order valence-electron chi connectivity index (χ4n) is 2.78. The molecule has 0 fully saturated rings. The third-order valence-corrected chi connectivity index (χ3v) is 5.85. The van der Waals surface area contributed by atoms with Crippen molar-refractivity contribution < 1.29 is 8.42 Å². The molecule has 0 bridgehead atoms. The number of nitrogen functional groups attached to an aromatic ring is 1. The first-order valence-corrected chi connectivity index (χ1v) is 8.91. The van der Waals surface area contributed by atoms with Crippen molar-refractivity contribution in [2.45, 2.75) is 46.4 Å². The molecule has 5 heteroatoms. The first-order chi connectivity index (χ1) is 9.58. The lowest BCUT2D eigenvalue weighted by atomic mass is 9.86. The number of hydrogen-bond donors (Lipinski definition) is 2. The van der Waals surface area contributed by atoms with E-state index < -0.39 is 10.0 Å². The first-order valence-electron chi connectivity index (χ1n) is 7.43. The van der Waals surface area contributed by atoms with Gasteiger partial charge in [0.25, 0.3) is 0 Å². The lowest BCUT2D eigenvalue weighted by Gasteiger charge is -2.25. The van der Waals surface area contributed by atoms with Crippen molar-refractivity contribution in [3.63, 3.8) is 0 Å². The molecule has 1 aromatic carbocycles. The summed E-state index contributed by atoms with van der Waals surface area (Å²) < 4.78 is 28.0. The molecule has 0 saturated carbocycles. The molecule has 0 amide bonds. The molecule has 0 aliphatic heterocycles. The summed E-state index contributed by atoms with van der Waals surface area (Å²) in [5.74, 6) is 1.16. The summed E-state index contributed by atoms with van der Waals surface area (Å²) in [6.07, 6.45) is 0. The van der Waals surface area contributed by atoms with Crippen molar-refractivity contribution in [3.8, 4) is 0 Å². The maximum absolute atomic E-state index is 12.6. The van der Waals surface area contributed by atoms with Gasteiger partial charge < -0.3 is 5.73 Å². The van der Waals surface area contributed by atoms with Crippen LogP contribution in [0, 0.1) is 31.6 Å². The number of hydrogen-bond acceptors (Lipinski definition) is 3. The Morgan fingerprint density at radius 3 is 2.10 bits per heavy atom. The van der Waals surface area contributed by atoms with Crippen LogP contribution in [-0.2, 0) is 10.0 Å². The van der Waals surface area contributed by atoms with E-state index in [4.69, 9.17) is 5.73 Å². The number of rotatable bonds is 6. The van der Waals surface area contributed by atoms with Crippen LogP contribution in [0.1, 0.15) is 38.8 Å². The summed E-state index contributed by atoms with van der Waals surface area (Å²) in [6.45, 7) is 12.5. The molecule has 0 aliphatic rings. The SMILES string of the molecule is Cc1ccc(N)c(C)c1S(=O)(=O)NCC(C(C)C)C(C)C. The molecular weight excluding hydrogens is 284 g/mol. The molecule has 0 heterocycles. The van der Waals surface area contributed by atoms with Gasteiger partial charge in [0.05, 0.1) is 4.90 Å². The molecule has 0 aromatic heterocycles. The van der Waals surface area contributed by atoms with E-state index in [-0.39, 0.29) is 0 Å². The summed E-state index contributed by atoms with van der Waals surface area (Å²) >= 11 is 0. The fraction of sp³-hybridized carbons (Fsp3) is 0.625. The third kappa shape index (κ3) is 4.20. The highest BCUT2D eigenvalue weighted by Gasteiger charge is 2.24. The molecule has 3 N–H and O–H groups in total. The minimum atomic E-state index is -3.54. The molecule has 0 saturated heterocycles. The normalized spacial score (nSPS) is 12.6. The second-order valence-corrected chi connectivity index (χ2v) is 8.13. The van der Waals surface area contributed by atoms with E-state index in [1.54, 1.807) is 26.0 Å². The van der Waals surface area contributed by atoms with E-state index in [2.05, 4.69) is 32.4 Å². The van der Waals surface area contributed by atoms with Crippen LogP contribution in [0.4, 0.5) is 5.69 Å². The molecule has 21 heavy (non-hydrogen) atoms. The molecule has 120 valence electrons. The van der Waals surface area contributed by atoms with Crippen molar-refractivity contribution in [1.82, 2.24) is 4.72 Å². The zero-order chi connectivity index (χ0) is 16.4. The summed E-state index contributed by atoms with van der Waals surface area (Å²) in [5.41, 5.74) is 7.69. The van der Waals surface area contributed by atoms with Gasteiger partial charge >= 0.3 is 0 Å². The zero-order valence-electron chi connectivity index (χ0n) is 13.9. The van der Waals surface area contributed by atoms with E-state index in [1.165, 1.54) is 0 Å². The average molecular weight is 312 g/mol. The van der Waals surface area contributed by atoms with E-state index in [0.717, 1.165) is 5.56 Å². The molecule has 1 rings (SSSR count). The lowest BCUT2D eigenvalue weighted by molar-refractivity contribution is 0.289. The van der Waals surface area contributed by atoms with Crippen LogP contribution in [0.25, 0.3) is 0 Å². The van der Waals surface area contributed by atoms with Gasteiger partial charge in [-0.05, 0) is 48.8 Å². The van der Waals surface area contributed by atoms with Gasteiger partial charge in [0.1, 0.15) is 0 Å². The summed E-state index contributed by atoms with van der Waals surface area (Å²) in [4.78, 5) is 0.314. The Morgan fingerprint density at radius 2 is 1.62 bits per heavy atom. The molecule has 0 atom stereocenters. The lowest BCUT2D eigenvalue weighted by Crippen LogP contribution is -2.34. The van der Waals surface area contributed by atoms with Crippen LogP contribution in [0.15, 0.2) is 17.0 Å². The van der Waals surface area contributed by atoms with E-state index in [1.807, 2.05) is 0 Å². The monoisotopic (exact) mass is 312 g/mol. The van der Waals surface area contributed by atoms with Crippen LogP contribution < -0.4 is 10.5 Å². The Bertz CT molecular complexity index is 585. The molecule has 0 radical (unpaired) electrons. The standard InChI is InChI=1S/C16H28N2O2S/c1-10(2)14(11(3)4)9-18-21(19,20)16-12(5)7-8-15(17)13(16)6/h7-8,10-11,14,18H,9,17H2,1-6H3. The Hall–Kier alpha value is -1.07. The fourth-order valence-corrected chi connectivity index (χ4v) is 4.34. The number of aryl methyl sites for hydroxylation is 1. The minimum absolute atomic E-state index is 0.307. The van der Waals surface area contributed by atoms with Crippen molar-refractivity contribution >= 4 is 15.7 Å². The Balaban J connectivity index is 3.06.